The Morgan fingerprint density at radius 1 is 0.831 bits per heavy atom. The summed E-state index contributed by atoms with van der Waals surface area (Å²) in [5.74, 6) is 1.18. The number of imide groups is 1. The number of hydrogen-bond acceptors (Lipinski definition) is 12. The van der Waals surface area contributed by atoms with Crippen LogP contribution in [0.4, 0.5) is 11.5 Å². The van der Waals surface area contributed by atoms with E-state index in [1.807, 2.05) is 52.3 Å². The largest absolute Gasteiger partial charge is 0.507 e. The fourth-order valence-corrected chi connectivity index (χ4v) is 10.6. The van der Waals surface area contributed by atoms with Crippen LogP contribution in [0.5, 0.6) is 11.5 Å². The second-order valence-electron chi connectivity index (χ2n) is 18.4. The van der Waals surface area contributed by atoms with Crippen LogP contribution in [0.15, 0.2) is 84.9 Å². The maximum atomic E-state index is 14.8. The first kappa shape index (κ1) is 44.2. The van der Waals surface area contributed by atoms with Gasteiger partial charge < -0.3 is 39.9 Å². The number of piperidine rings is 4. The zero-order valence-corrected chi connectivity index (χ0v) is 37.0. The smallest absolute Gasteiger partial charge is 0.267 e. The van der Waals surface area contributed by atoms with Gasteiger partial charge in [-0.2, -0.15) is 0 Å². The minimum atomic E-state index is -0.704. The van der Waals surface area contributed by atoms with Crippen molar-refractivity contribution in [1.82, 2.24) is 30.2 Å². The normalized spacial score (nSPS) is 21.5. The highest BCUT2D eigenvalue weighted by Crippen LogP contribution is 2.42. The average molecular weight is 885 g/mol. The Labute approximate surface area is 380 Å². The first-order valence-electron chi connectivity index (χ1n) is 23.3. The number of rotatable bonds is 11. The lowest BCUT2D eigenvalue weighted by molar-refractivity contribution is -0.165. The second-order valence-corrected chi connectivity index (χ2v) is 18.4. The standard InChI is InChI=1S/C50H60N8O7/c51-46-41(33-40(53-54-46)39-9-4-5-10-42(39)59)56-29-22-50(23-30-56,37-7-2-1-3-8-37)48(63)57-27-20-49(21-28-57)34-58(31-32-64-49)45(61)11-6-24-55-25-18-36(19-26-55)35-12-14-38(15-13-35)65-43-16-17-44(60)52-47(43)62/h1-5,7-10,12-15,33,36,43,59H,6,11,16-32,34H2,(H2,51,54)(H,52,60,62). The molecule has 6 heterocycles. The fraction of sp³-hybridized carbons (Fsp3) is 0.480. The summed E-state index contributed by atoms with van der Waals surface area (Å²) in [5, 5.41) is 21.3. The van der Waals surface area contributed by atoms with Crippen molar-refractivity contribution in [3.8, 4) is 22.8 Å². The number of aromatic nitrogens is 2. The van der Waals surface area contributed by atoms with Crippen LogP contribution in [0.3, 0.4) is 0 Å². The number of nitrogens with zero attached hydrogens (tertiary/aromatic N) is 6. The number of nitrogens with one attached hydrogen (secondary N) is 1. The van der Waals surface area contributed by atoms with Crippen LogP contribution < -0.4 is 20.7 Å². The van der Waals surface area contributed by atoms with Gasteiger partial charge in [-0.05, 0) is 112 Å². The van der Waals surface area contributed by atoms with Gasteiger partial charge in [-0.3, -0.25) is 24.5 Å². The monoisotopic (exact) mass is 884 g/mol. The summed E-state index contributed by atoms with van der Waals surface area (Å²) < 4.78 is 12.3. The number of carbonyl (C=O) groups excluding carboxylic acids is 4. The van der Waals surface area contributed by atoms with E-state index in [2.05, 4.69) is 49.6 Å². The summed E-state index contributed by atoms with van der Waals surface area (Å²) >= 11 is 0. The van der Waals surface area contributed by atoms with E-state index in [4.69, 9.17) is 15.2 Å². The van der Waals surface area contributed by atoms with Crippen LogP contribution in [-0.4, -0.2) is 131 Å². The molecule has 1 aromatic heterocycles. The van der Waals surface area contributed by atoms with Crippen LogP contribution in [0.2, 0.25) is 0 Å². The highest BCUT2D eigenvalue weighted by Gasteiger charge is 2.48. The van der Waals surface area contributed by atoms with Gasteiger partial charge in [-0.15, -0.1) is 10.2 Å². The molecule has 1 spiro atoms. The quantitative estimate of drug-likeness (QED) is 0.171. The van der Waals surface area contributed by atoms with Crippen molar-refractivity contribution in [2.75, 3.05) is 76.1 Å². The van der Waals surface area contributed by atoms with Crippen molar-refractivity contribution in [1.29, 1.82) is 0 Å². The molecule has 5 fully saturated rings. The number of hydrogen-bond donors (Lipinski definition) is 3. The van der Waals surface area contributed by atoms with Gasteiger partial charge in [-0.1, -0.05) is 54.6 Å². The molecule has 5 saturated heterocycles. The third-order valence-corrected chi connectivity index (χ3v) is 14.5. The van der Waals surface area contributed by atoms with Gasteiger partial charge in [-0.25, -0.2) is 0 Å². The average Bonchev–Trinajstić information content (AvgIpc) is 3.34. The molecule has 0 saturated carbocycles. The number of anilines is 2. The molecule has 1 unspecified atom stereocenters. The maximum absolute atomic E-state index is 14.8. The summed E-state index contributed by atoms with van der Waals surface area (Å²) in [6.45, 7) is 6.81. The minimum Gasteiger partial charge on any atom is -0.507 e. The van der Waals surface area contributed by atoms with Crippen molar-refractivity contribution >= 4 is 35.1 Å². The SMILES string of the molecule is Nc1nnc(-c2ccccc2O)cc1N1CCC(C(=O)N2CCC3(CC2)CN(C(=O)CCCN2CCC(c4ccc(OC5CCC(=O)NC5=O)cc4)CC2)CCO3)(c2ccccc2)CC1. The molecule has 5 aliphatic rings. The highest BCUT2D eigenvalue weighted by atomic mass is 16.5. The molecule has 5 aliphatic heterocycles. The van der Waals surface area contributed by atoms with Crippen LogP contribution in [0, 0.1) is 0 Å². The first-order chi connectivity index (χ1) is 31.6. The zero-order chi connectivity index (χ0) is 45.0. The van der Waals surface area contributed by atoms with Gasteiger partial charge in [0.15, 0.2) is 11.9 Å². The van der Waals surface area contributed by atoms with E-state index in [1.165, 1.54) is 5.56 Å². The molecule has 1 atom stereocenters. The molecule has 0 radical (unpaired) electrons. The Hall–Kier alpha value is -6.06. The summed E-state index contributed by atoms with van der Waals surface area (Å²) in [5.41, 5.74) is 9.35. The van der Waals surface area contributed by atoms with E-state index in [0.29, 0.717) is 113 Å². The number of amides is 4. The van der Waals surface area contributed by atoms with E-state index in [0.717, 1.165) is 50.1 Å². The predicted octanol–water partition coefficient (Wildman–Crippen LogP) is 5.03. The van der Waals surface area contributed by atoms with E-state index in [1.54, 1.807) is 18.2 Å². The van der Waals surface area contributed by atoms with Gasteiger partial charge in [0.2, 0.25) is 17.7 Å². The molecule has 9 rings (SSSR count). The molecule has 0 bridgehead atoms. The number of carbonyl (C=O) groups is 4. The first-order valence-corrected chi connectivity index (χ1v) is 23.3. The Balaban J connectivity index is 0.744. The predicted molar refractivity (Wildman–Crippen MR) is 245 cm³/mol. The van der Waals surface area contributed by atoms with Crippen molar-refractivity contribution in [3.63, 3.8) is 0 Å². The highest BCUT2D eigenvalue weighted by molar-refractivity contribution is 6.00. The fourth-order valence-electron chi connectivity index (χ4n) is 10.6. The topological polar surface area (TPSA) is 184 Å². The summed E-state index contributed by atoms with van der Waals surface area (Å²) in [7, 11) is 0. The number of nitrogen functional groups attached to an aromatic ring is 1. The Kier molecular flexibility index (Phi) is 13.0. The van der Waals surface area contributed by atoms with E-state index >= 15 is 0 Å². The molecule has 3 aromatic carbocycles. The number of morpholine rings is 1. The number of phenolic OH excluding ortho intramolecular Hbond substituents is 1. The Morgan fingerprint density at radius 2 is 1.55 bits per heavy atom. The lowest BCUT2D eigenvalue weighted by Gasteiger charge is -2.50. The van der Waals surface area contributed by atoms with Crippen molar-refractivity contribution < 1.29 is 33.8 Å². The van der Waals surface area contributed by atoms with Crippen molar-refractivity contribution in [2.45, 2.75) is 87.2 Å². The summed E-state index contributed by atoms with van der Waals surface area (Å²) in [4.78, 5) is 60.7. The van der Waals surface area contributed by atoms with Gasteiger partial charge in [0.1, 0.15) is 11.5 Å². The third kappa shape index (κ3) is 9.67. The molecule has 65 heavy (non-hydrogen) atoms. The number of ether oxygens (including phenoxy) is 2. The molecule has 4 aromatic rings. The van der Waals surface area contributed by atoms with E-state index < -0.39 is 17.1 Å². The van der Waals surface area contributed by atoms with Crippen LogP contribution in [0.25, 0.3) is 11.3 Å². The zero-order valence-electron chi connectivity index (χ0n) is 37.0. The van der Waals surface area contributed by atoms with Crippen LogP contribution in [-0.2, 0) is 29.3 Å². The maximum Gasteiger partial charge on any atom is 0.267 e. The summed E-state index contributed by atoms with van der Waals surface area (Å²) in [6, 6.07) is 27.0. The van der Waals surface area contributed by atoms with E-state index in [9.17, 15) is 24.3 Å². The number of nitrogens with two attached hydrogens (primary N) is 1. The lowest BCUT2D eigenvalue weighted by atomic mass is 9.71. The van der Waals surface area contributed by atoms with Gasteiger partial charge in [0.25, 0.3) is 5.91 Å². The molecular formula is C50H60N8O7. The van der Waals surface area contributed by atoms with E-state index in [-0.39, 0.29) is 35.8 Å². The molecule has 4 amide bonds. The lowest BCUT2D eigenvalue weighted by Crippen LogP contribution is -2.61. The molecule has 4 N–H and O–H groups in total. The van der Waals surface area contributed by atoms with Gasteiger partial charge >= 0.3 is 0 Å². The van der Waals surface area contributed by atoms with Crippen molar-refractivity contribution in [3.05, 3.63) is 96.1 Å². The van der Waals surface area contributed by atoms with Crippen LogP contribution in [0.1, 0.15) is 81.3 Å². The van der Waals surface area contributed by atoms with Gasteiger partial charge in [0, 0.05) is 64.1 Å². The molecule has 15 heteroatoms. The second kappa shape index (κ2) is 19.2. The number of benzene rings is 3. The van der Waals surface area contributed by atoms with Gasteiger partial charge in [0.05, 0.1) is 29.0 Å². The van der Waals surface area contributed by atoms with Crippen molar-refractivity contribution in [2.24, 2.45) is 0 Å². The Bertz CT molecular complexity index is 2340. The number of phenols is 1. The number of para-hydroxylation sites is 1. The molecule has 15 nitrogen and oxygen atoms in total. The number of likely N-dealkylation sites (tertiary alicyclic amines) is 2. The third-order valence-electron chi connectivity index (χ3n) is 14.5. The molecule has 0 aliphatic carbocycles. The summed E-state index contributed by atoms with van der Waals surface area (Å²) in [6.07, 6.45) is 5.98. The molecule has 342 valence electrons. The minimum absolute atomic E-state index is 0.120. The number of aromatic hydroxyl groups is 1. The van der Waals surface area contributed by atoms with Crippen LogP contribution >= 0.6 is 0 Å². The Morgan fingerprint density at radius 3 is 2.28 bits per heavy atom. The molecular weight excluding hydrogens is 825 g/mol.